The van der Waals surface area contributed by atoms with Crippen molar-refractivity contribution in [2.24, 2.45) is 0 Å². The second kappa shape index (κ2) is 5.63. The predicted octanol–water partition coefficient (Wildman–Crippen LogP) is 4.07. The van der Waals surface area contributed by atoms with Gasteiger partial charge in [-0.05, 0) is 18.2 Å². The van der Waals surface area contributed by atoms with Gasteiger partial charge in [0.2, 0.25) is 0 Å². The normalized spacial score (nSPS) is 16.7. The molecule has 116 valence electrons. The van der Waals surface area contributed by atoms with E-state index in [4.69, 9.17) is 16.3 Å². The number of benzene rings is 2. The topological polar surface area (TPSA) is 54.1 Å². The summed E-state index contributed by atoms with van der Waals surface area (Å²) in [7, 11) is 0. The fourth-order valence-corrected chi connectivity index (χ4v) is 3.20. The molecule has 3 aromatic rings. The lowest BCUT2D eigenvalue weighted by Crippen LogP contribution is -2.32. The van der Waals surface area contributed by atoms with Crippen LogP contribution in [-0.2, 0) is 0 Å². The van der Waals surface area contributed by atoms with Gasteiger partial charge in [-0.3, -0.25) is 4.79 Å². The van der Waals surface area contributed by atoms with E-state index in [1.54, 1.807) is 6.07 Å². The number of ether oxygens (including phenoxy) is 1. The Hall–Kier alpha value is -2.46. The van der Waals surface area contributed by atoms with Gasteiger partial charge >= 0.3 is 0 Å². The van der Waals surface area contributed by atoms with Crippen LogP contribution in [0.2, 0.25) is 5.02 Å². The maximum atomic E-state index is 12.6. The monoisotopic (exact) mass is 326 g/mol. The first-order valence-electron chi connectivity index (χ1n) is 7.52. The smallest absolute Gasteiger partial charge is 0.268 e. The van der Waals surface area contributed by atoms with E-state index < -0.39 is 0 Å². The number of aromatic amines is 1. The van der Waals surface area contributed by atoms with E-state index in [-0.39, 0.29) is 11.9 Å². The van der Waals surface area contributed by atoms with E-state index in [1.807, 2.05) is 42.5 Å². The average Bonchev–Trinajstić information content (AvgIpc) is 3.01. The molecule has 2 aromatic carbocycles. The van der Waals surface area contributed by atoms with E-state index >= 15 is 0 Å². The lowest BCUT2D eigenvalue weighted by Gasteiger charge is -2.26. The standard InChI is InChI=1S/C18H15ClN2O2/c19-13-6-3-4-11-10-15(20-17(11)13)18(22)21-14-8-9-23-16-7-2-1-5-12(14)16/h1-7,10,14,20H,8-9H2,(H,21,22). The van der Waals surface area contributed by atoms with Crippen LogP contribution >= 0.6 is 11.6 Å². The van der Waals surface area contributed by atoms with Gasteiger partial charge in [0, 0.05) is 17.4 Å². The summed E-state index contributed by atoms with van der Waals surface area (Å²) in [5.41, 5.74) is 2.31. The van der Waals surface area contributed by atoms with E-state index in [0.717, 1.165) is 28.6 Å². The summed E-state index contributed by atoms with van der Waals surface area (Å²) < 4.78 is 5.63. The Bertz CT molecular complexity index is 888. The van der Waals surface area contributed by atoms with Crippen LogP contribution in [-0.4, -0.2) is 17.5 Å². The number of para-hydroxylation sites is 2. The largest absolute Gasteiger partial charge is 0.493 e. The van der Waals surface area contributed by atoms with Crippen LogP contribution < -0.4 is 10.1 Å². The van der Waals surface area contributed by atoms with E-state index in [0.29, 0.717) is 17.3 Å². The highest BCUT2D eigenvalue weighted by Crippen LogP contribution is 2.32. The Morgan fingerprint density at radius 1 is 1.22 bits per heavy atom. The summed E-state index contributed by atoms with van der Waals surface area (Å²) in [6, 6.07) is 15.2. The minimum absolute atomic E-state index is 0.0469. The van der Waals surface area contributed by atoms with E-state index in [2.05, 4.69) is 10.3 Å². The van der Waals surface area contributed by atoms with Crippen molar-refractivity contribution < 1.29 is 9.53 Å². The zero-order valence-electron chi connectivity index (χ0n) is 12.3. The molecule has 5 heteroatoms. The third kappa shape index (κ3) is 2.55. The molecule has 1 amide bonds. The van der Waals surface area contributed by atoms with Crippen LogP contribution in [0.5, 0.6) is 5.75 Å². The molecule has 2 heterocycles. The van der Waals surface area contributed by atoms with Gasteiger partial charge in [0.15, 0.2) is 0 Å². The third-order valence-corrected chi connectivity index (χ3v) is 4.43. The van der Waals surface area contributed by atoms with Crippen LogP contribution in [0.3, 0.4) is 0 Å². The van der Waals surface area contributed by atoms with Crippen molar-refractivity contribution in [1.82, 2.24) is 10.3 Å². The van der Waals surface area contributed by atoms with Crippen molar-refractivity contribution in [3.8, 4) is 5.75 Å². The highest BCUT2D eigenvalue weighted by molar-refractivity contribution is 6.35. The number of halogens is 1. The maximum absolute atomic E-state index is 12.6. The molecular formula is C18H15ClN2O2. The third-order valence-electron chi connectivity index (χ3n) is 4.11. The van der Waals surface area contributed by atoms with Crippen molar-refractivity contribution in [3.63, 3.8) is 0 Å². The molecule has 23 heavy (non-hydrogen) atoms. The lowest BCUT2D eigenvalue weighted by atomic mass is 10.0. The Kier molecular flexibility index (Phi) is 3.46. The number of fused-ring (bicyclic) bond motifs is 2. The van der Waals surface area contributed by atoms with Crippen molar-refractivity contribution in [2.75, 3.05) is 6.61 Å². The summed E-state index contributed by atoms with van der Waals surface area (Å²) in [4.78, 5) is 15.7. The Labute approximate surface area is 138 Å². The first-order valence-corrected chi connectivity index (χ1v) is 7.90. The number of H-pyrrole nitrogens is 1. The zero-order valence-corrected chi connectivity index (χ0v) is 13.1. The second-order valence-corrected chi connectivity index (χ2v) is 6.00. The molecule has 1 aliphatic heterocycles. The molecule has 0 bridgehead atoms. The summed E-state index contributed by atoms with van der Waals surface area (Å²) in [6.45, 7) is 0.598. The molecule has 4 nitrogen and oxygen atoms in total. The molecule has 0 radical (unpaired) electrons. The lowest BCUT2D eigenvalue weighted by molar-refractivity contribution is 0.0920. The summed E-state index contributed by atoms with van der Waals surface area (Å²) >= 11 is 6.15. The van der Waals surface area contributed by atoms with Crippen LogP contribution in [0.25, 0.3) is 10.9 Å². The minimum Gasteiger partial charge on any atom is -0.493 e. The van der Waals surface area contributed by atoms with Crippen molar-refractivity contribution in [1.29, 1.82) is 0 Å². The molecule has 2 N–H and O–H groups in total. The van der Waals surface area contributed by atoms with Gasteiger partial charge in [0.1, 0.15) is 11.4 Å². The van der Waals surface area contributed by atoms with E-state index in [1.165, 1.54) is 0 Å². The number of amides is 1. The van der Waals surface area contributed by atoms with E-state index in [9.17, 15) is 4.79 Å². The number of aromatic nitrogens is 1. The highest BCUT2D eigenvalue weighted by Gasteiger charge is 2.23. The molecule has 0 saturated carbocycles. The second-order valence-electron chi connectivity index (χ2n) is 5.59. The minimum atomic E-state index is -0.140. The Morgan fingerprint density at radius 2 is 2.09 bits per heavy atom. The van der Waals surface area contributed by atoms with Gasteiger partial charge in [-0.1, -0.05) is 41.9 Å². The summed E-state index contributed by atoms with van der Waals surface area (Å²) in [5.74, 6) is 0.697. The highest BCUT2D eigenvalue weighted by atomic mass is 35.5. The molecule has 0 saturated heterocycles. The van der Waals surface area contributed by atoms with Crippen LogP contribution in [0.1, 0.15) is 28.5 Å². The van der Waals surface area contributed by atoms with Gasteiger partial charge in [-0.25, -0.2) is 0 Å². The van der Waals surface area contributed by atoms with Crippen molar-refractivity contribution >= 4 is 28.4 Å². The molecule has 0 fully saturated rings. The number of carbonyl (C=O) groups is 1. The number of nitrogens with one attached hydrogen (secondary N) is 2. The molecular weight excluding hydrogens is 312 g/mol. The molecule has 4 rings (SSSR count). The molecule has 1 atom stereocenters. The first kappa shape index (κ1) is 14.2. The Balaban J connectivity index is 1.61. The molecule has 1 unspecified atom stereocenters. The van der Waals surface area contributed by atoms with Crippen molar-refractivity contribution in [3.05, 3.63) is 64.8 Å². The fourth-order valence-electron chi connectivity index (χ4n) is 2.97. The maximum Gasteiger partial charge on any atom is 0.268 e. The fraction of sp³-hybridized carbons (Fsp3) is 0.167. The number of carbonyl (C=O) groups excluding carboxylic acids is 1. The average molecular weight is 327 g/mol. The molecule has 1 aliphatic rings. The Morgan fingerprint density at radius 3 is 2.96 bits per heavy atom. The number of hydrogen-bond donors (Lipinski definition) is 2. The SMILES string of the molecule is O=C(NC1CCOc2ccccc21)c1cc2cccc(Cl)c2[nH]1. The van der Waals surface area contributed by atoms with Crippen molar-refractivity contribution in [2.45, 2.75) is 12.5 Å². The molecule has 0 aliphatic carbocycles. The number of rotatable bonds is 2. The predicted molar refractivity (Wildman–Crippen MR) is 90.1 cm³/mol. The van der Waals surface area contributed by atoms with Gasteiger partial charge in [-0.2, -0.15) is 0 Å². The van der Waals surface area contributed by atoms with Gasteiger partial charge in [0.05, 0.1) is 23.2 Å². The zero-order chi connectivity index (χ0) is 15.8. The van der Waals surface area contributed by atoms with Crippen LogP contribution in [0.4, 0.5) is 0 Å². The van der Waals surface area contributed by atoms with Gasteiger partial charge in [-0.15, -0.1) is 0 Å². The van der Waals surface area contributed by atoms with Gasteiger partial charge in [0.25, 0.3) is 5.91 Å². The van der Waals surface area contributed by atoms with Crippen LogP contribution in [0, 0.1) is 0 Å². The quantitative estimate of drug-likeness (QED) is 0.745. The van der Waals surface area contributed by atoms with Gasteiger partial charge < -0.3 is 15.0 Å². The van der Waals surface area contributed by atoms with Crippen LogP contribution in [0.15, 0.2) is 48.5 Å². The summed E-state index contributed by atoms with van der Waals surface area (Å²) in [6.07, 6.45) is 0.754. The molecule has 0 spiro atoms. The first-order chi connectivity index (χ1) is 11.2. The number of hydrogen-bond acceptors (Lipinski definition) is 2. The molecule has 1 aromatic heterocycles. The summed E-state index contributed by atoms with van der Waals surface area (Å²) in [5, 5.41) is 4.61.